The molecule has 5 heteroatoms. The monoisotopic (exact) mass is 303 g/mol. The van der Waals surface area contributed by atoms with Crippen molar-refractivity contribution in [3.8, 4) is 0 Å². The van der Waals surface area contributed by atoms with Crippen LogP contribution in [0.2, 0.25) is 5.02 Å². The molecule has 1 saturated carbocycles. The van der Waals surface area contributed by atoms with Crippen molar-refractivity contribution in [3.63, 3.8) is 0 Å². The van der Waals surface area contributed by atoms with Crippen LogP contribution in [0.25, 0.3) is 0 Å². The number of hydrogen-bond acceptors (Lipinski definition) is 2. The van der Waals surface area contributed by atoms with Gasteiger partial charge in [-0.1, -0.05) is 17.7 Å². The molecule has 1 amide bonds. The van der Waals surface area contributed by atoms with E-state index in [9.17, 15) is 4.79 Å². The van der Waals surface area contributed by atoms with Crippen molar-refractivity contribution >= 4 is 17.5 Å². The van der Waals surface area contributed by atoms with Gasteiger partial charge in [0.2, 0.25) is 0 Å². The normalized spacial score (nSPS) is 22.0. The van der Waals surface area contributed by atoms with E-state index in [0.29, 0.717) is 16.6 Å². The minimum atomic E-state index is -0.0416. The number of amides is 1. The minimum Gasteiger partial charge on any atom is -0.349 e. The number of benzene rings is 1. The molecule has 110 valence electrons. The second-order valence-electron chi connectivity index (χ2n) is 5.48. The van der Waals surface area contributed by atoms with E-state index in [-0.39, 0.29) is 11.9 Å². The van der Waals surface area contributed by atoms with Crippen molar-refractivity contribution in [3.05, 3.63) is 53.3 Å². The highest BCUT2D eigenvalue weighted by atomic mass is 35.5. The predicted molar refractivity (Wildman–Crippen MR) is 82.4 cm³/mol. The van der Waals surface area contributed by atoms with E-state index in [4.69, 9.17) is 11.6 Å². The highest BCUT2D eigenvalue weighted by molar-refractivity contribution is 6.30. The summed E-state index contributed by atoms with van der Waals surface area (Å²) in [5.41, 5.74) is 0.622. The van der Waals surface area contributed by atoms with E-state index in [1.807, 2.05) is 23.1 Å². The maximum atomic E-state index is 12.2. The first-order valence-electron chi connectivity index (χ1n) is 7.28. The zero-order chi connectivity index (χ0) is 14.7. The van der Waals surface area contributed by atoms with Crippen LogP contribution in [0.15, 0.2) is 42.7 Å². The summed E-state index contributed by atoms with van der Waals surface area (Å²) in [6.07, 6.45) is 7.88. The second-order valence-corrected chi connectivity index (χ2v) is 5.91. The molecule has 1 aromatic heterocycles. The van der Waals surface area contributed by atoms with Crippen LogP contribution >= 0.6 is 11.6 Å². The molecular weight excluding hydrogens is 286 g/mol. The van der Waals surface area contributed by atoms with E-state index < -0.39 is 0 Å². The van der Waals surface area contributed by atoms with Gasteiger partial charge in [0.1, 0.15) is 0 Å². The van der Waals surface area contributed by atoms with Crippen LogP contribution in [0.5, 0.6) is 0 Å². The lowest BCUT2D eigenvalue weighted by Crippen LogP contribution is -2.38. The predicted octanol–water partition coefficient (Wildman–Crippen LogP) is 3.45. The lowest BCUT2D eigenvalue weighted by atomic mass is 9.91. The van der Waals surface area contributed by atoms with Gasteiger partial charge in [-0.2, -0.15) is 5.10 Å². The fraction of sp³-hybridized carbons (Fsp3) is 0.375. The van der Waals surface area contributed by atoms with Crippen molar-refractivity contribution in [2.75, 3.05) is 0 Å². The first kappa shape index (κ1) is 14.1. The third kappa shape index (κ3) is 3.45. The molecule has 1 aromatic carbocycles. The van der Waals surface area contributed by atoms with Crippen LogP contribution in [0.1, 0.15) is 42.1 Å². The van der Waals surface area contributed by atoms with E-state index >= 15 is 0 Å². The summed E-state index contributed by atoms with van der Waals surface area (Å²) in [5.74, 6) is -0.0416. The standard InChI is InChI=1S/C16H18ClN3O/c17-13-4-1-3-12(11-13)16(21)19-14-5-7-15(8-6-14)20-10-2-9-18-20/h1-4,9-11,14-15H,5-8H2,(H,19,21). The average Bonchev–Trinajstić information content (AvgIpc) is 3.02. The van der Waals surface area contributed by atoms with Gasteiger partial charge >= 0.3 is 0 Å². The lowest BCUT2D eigenvalue weighted by Gasteiger charge is -2.29. The largest absolute Gasteiger partial charge is 0.349 e. The summed E-state index contributed by atoms with van der Waals surface area (Å²) in [4.78, 5) is 12.2. The van der Waals surface area contributed by atoms with E-state index in [0.717, 1.165) is 25.7 Å². The fourth-order valence-electron chi connectivity index (χ4n) is 2.88. The van der Waals surface area contributed by atoms with Crippen LogP contribution in [0, 0.1) is 0 Å². The summed E-state index contributed by atoms with van der Waals surface area (Å²) in [6, 6.07) is 9.71. The van der Waals surface area contributed by atoms with Crippen LogP contribution in [-0.4, -0.2) is 21.7 Å². The molecule has 1 fully saturated rings. The Kier molecular flexibility index (Phi) is 4.25. The molecule has 1 N–H and O–H groups in total. The zero-order valence-electron chi connectivity index (χ0n) is 11.7. The van der Waals surface area contributed by atoms with Gasteiger partial charge in [0.05, 0.1) is 6.04 Å². The minimum absolute atomic E-state index is 0.0416. The van der Waals surface area contributed by atoms with E-state index in [1.165, 1.54) is 0 Å². The van der Waals surface area contributed by atoms with Gasteiger partial charge < -0.3 is 5.32 Å². The summed E-state index contributed by atoms with van der Waals surface area (Å²) in [6.45, 7) is 0. The molecule has 0 atom stereocenters. The highest BCUT2D eigenvalue weighted by Crippen LogP contribution is 2.28. The number of rotatable bonds is 3. The Bertz CT molecular complexity index is 604. The van der Waals surface area contributed by atoms with E-state index in [1.54, 1.807) is 24.3 Å². The zero-order valence-corrected chi connectivity index (χ0v) is 12.5. The Labute approximate surface area is 129 Å². The maximum absolute atomic E-state index is 12.2. The Morgan fingerprint density at radius 2 is 2.05 bits per heavy atom. The smallest absolute Gasteiger partial charge is 0.251 e. The van der Waals surface area contributed by atoms with Crippen molar-refractivity contribution in [2.45, 2.75) is 37.8 Å². The molecule has 1 aliphatic carbocycles. The number of nitrogens with one attached hydrogen (secondary N) is 1. The summed E-state index contributed by atoms with van der Waals surface area (Å²) < 4.78 is 2.02. The topological polar surface area (TPSA) is 46.9 Å². The lowest BCUT2D eigenvalue weighted by molar-refractivity contribution is 0.0921. The van der Waals surface area contributed by atoms with Crippen LogP contribution in [0.4, 0.5) is 0 Å². The summed E-state index contributed by atoms with van der Waals surface area (Å²) in [7, 11) is 0. The van der Waals surface area contributed by atoms with Crippen LogP contribution < -0.4 is 5.32 Å². The third-order valence-electron chi connectivity index (χ3n) is 4.02. The molecule has 0 aliphatic heterocycles. The van der Waals surface area contributed by atoms with Gasteiger partial charge in [0.15, 0.2) is 0 Å². The van der Waals surface area contributed by atoms with Gasteiger partial charge in [0, 0.05) is 29.0 Å². The van der Waals surface area contributed by atoms with Crippen molar-refractivity contribution in [1.29, 1.82) is 0 Å². The first-order valence-corrected chi connectivity index (χ1v) is 7.66. The average molecular weight is 304 g/mol. The van der Waals surface area contributed by atoms with Gasteiger partial charge in [-0.15, -0.1) is 0 Å². The molecule has 0 spiro atoms. The molecule has 2 aromatic rings. The number of nitrogens with zero attached hydrogens (tertiary/aromatic N) is 2. The van der Waals surface area contributed by atoms with Crippen molar-refractivity contribution in [1.82, 2.24) is 15.1 Å². The Morgan fingerprint density at radius 1 is 1.24 bits per heavy atom. The number of carbonyl (C=O) groups is 1. The number of aromatic nitrogens is 2. The van der Waals surface area contributed by atoms with Gasteiger partial charge in [0.25, 0.3) is 5.91 Å². The first-order chi connectivity index (χ1) is 10.2. The molecule has 0 radical (unpaired) electrons. The van der Waals surface area contributed by atoms with E-state index in [2.05, 4.69) is 10.4 Å². The fourth-order valence-corrected chi connectivity index (χ4v) is 3.07. The number of carbonyl (C=O) groups excluding carboxylic acids is 1. The molecule has 1 aliphatic rings. The molecular formula is C16H18ClN3O. The Balaban J connectivity index is 1.54. The molecule has 21 heavy (non-hydrogen) atoms. The van der Waals surface area contributed by atoms with Gasteiger partial charge in [-0.05, 0) is 49.9 Å². The molecule has 0 bridgehead atoms. The number of hydrogen-bond donors (Lipinski definition) is 1. The van der Waals surface area contributed by atoms with Crippen LogP contribution in [0.3, 0.4) is 0 Å². The van der Waals surface area contributed by atoms with Crippen molar-refractivity contribution in [2.24, 2.45) is 0 Å². The molecule has 0 saturated heterocycles. The van der Waals surface area contributed by atoms with Crippen LogP contribution in [-0.2, 0) is 0 Å². The van der Waals surface area contributed by atoms with Gasteiger partial charge in [-0.3, -0.25) is 9.48 Å². The summed E-state index contributed by atoms with van der Waals surface area (Å²) in [5, 5.41) is 7.99. The molecule has 3 rings (SSSR count). The molecule has 4 nitrogen and oxygen atoms in total. The SMILES string of the molecule is O=C(NC1CCC(n2cccn2)CC1)c1cccc(Cl)c1. The second kappa shape index (κ2) is 6.31. The molecule has 1 heterocycles. The molecule has 0 unspecified atom stereocenters. The van der Waals surface area contributed by atoms with Crippen molar-refractivity contribution < 1.29 is 4.79 Å². The van der Waals surface area contributed by atoms with Gasteiger partial charge in [-0.25, -0.2) is 0 Å². The maximum Gasteiger partial charge on any atom is 0.251 e. The third-order valence-corrected chi connectivity index (χ3v) is 4.25. The summed E-state index contributed by atoms with van der Waals surface area (Å²) >= 11 is 5.92. The number of halogens is 1. The Morgan fingerprint density at radius 3 is 2.71 bits per heavy atom. The quantitative estimate of drug-likeness (QED) is 0.944. The highest BCUT2D eigenvalue weighted by Gasteiger charge is 2.23. The Hall–Kier alpha value is -1.81.